The molecule has 3 rings (SSSR count). The minimum atomic E-state index is -5.16. The van der Waals surface area contributed by atoms with Gasteiger partial charge < -0.3 is 74.6 Å². The lowest BCUT2D eigenvalue weighted by atomic mass is 9.72. The van der Waals surface area contributed by atoms with E-state index < -0.39 is 110 Å². The number of ether oxygens (including phenoxy) is 4. The number of hydrogen-bond acceptors (Lipinski definition) is 16. The lowest BCUT2D eigenvalue weighted by molar-refractivity contribution is -0.334. The highest BCUT2D eigenvalue weighted by atomic mass is 31.2. The van der Waals surface area contributed by atoms with Gasteiger partial charge >= 0.3 is 7.82 Å². The summed E-state index contributed by atoms with van der Waals surface area (Å²) in [5.41, 5.74) is 6.90. The molecule has 21 heteroatoms. The van der Waals surface area contributed by atoms with E-state index in [0.29, 0.717) is 23.6 Å². The normalized spacial score (nSPS) is 27.5. The SMILES string of the molecule is COCC([C@@H](O)[C@@H](O)C(=O)NCC[C@@H](C)c1nc(/C=C/C[C@H]2OC3(C[C@H](O)[C@H]2C)O[C@@H]([C@@H](C[C@@H](O)[C@@H](C)[C@@H](O)[C@@H](C)/C=C(C)/C(C)=C\C=C\C(C)=C\C(N)=O)OC)[C@@H](OP(=O)(O)O)C3(C)C)co1)N(C)C. The van der Waals surface area contributed by atoms with Crippen molar-refractivity contribution < 1.29 is 77.4 Å². The number of phosphoric acid groups is 1. The Hall–Kier alpha value is -3.44. The van der Waals surface area contributed by atoms with Crippen LogP contribution in [0.2, 0.25) is 0 Å². The number of nitrogens with one attached hydrogen (secondary N) is 1. The molecule has 2 saturated heterocycles. The van der Waals surface area contributed by atoms with E-state index in [1.165, 1.54) is 26.6 Å². The molecule has 2 aliphatic heterocycles. The molecule has 20 nitrogen and oxygen atoms in total. The number of carbonyl (C=O) groups excluding carboxylic acids is 2. The molecule has 2 unspecified atom stereocenters. The topological polar surface area (TPSA) is 306 Å². The third-order valence-corrected chi connectivity index (χ3v) is 14.6. The number of hydrogen-bond donors (Lipinski definition) is 9. The van der Waals surface area contributed by atoms with E-state index in [9.17, 15) is 49.5 Å². The average molecular weight is 1030 g/mol. The fourth-order valence-corrected chi connectivity index (χ4v) is 9.77. The van der Waals surface area contributed by atoms with Gasteiger partial charge in [-0.2, -0.15) is 0 Å². The van der Waals surface area contributed by atoms with E-state index >= 15 is 0 Å². The number of amides is 2. The molecular weight excluding hydrogens is 944 g/mol. The van der Waals surface area contributed by atoms with Crippen LogP contribution < -0.4 is 11.1 Å². The number of aromatic nitrogens is 1. The number of primary amides is 1. The molecule has 2 fully saturated rings. The molecule has 1 aromatic heterocycles. The molecule has 0 aromatic carbocycles. The van der Waals surface area contributed by atoms with Crippen molar-refractivity contribution in [3.05, 3.63) is 71.0 Å². The Morgan fingerprint density at radius 1 is 1.06 bits per heavy atom. The molecule has 0 saturated carbocycles. The summed E-state index contributed by atoms with van der Waals surface area (Å²) < 4.78 is 48.2. The average Bonchev–Trinajstić information content (AvgIpc) is 3.83. The third-order valence-electron chi connectivity index (χ3n) is 14.1. The van der Waals surface area contributed by atoms with E-state index in [-0.39, 0.29) is 38.3 Å². The predicted octanol–water partition coefficient (Wildman–Crippen LogP) is 3.65. The second-order valence-electron chi connectivity index (χ2n) is 20.1. The highest BCUT2D eigenvalue weighted by molar-refractivity contribution is 7.46. The Morgan fingerprint density at radius 2 is 1.72 bits per heavy atom. The summed E-state index contributed by atoms with van der Waals surface area (Å²) >= 11 is 0. The van der Waals surface area contributed by atoms with Crippen molar-refractivity contribution in [2.45, 2.75) is 161 Å². The maximum atomic E-state index is 12.6. The second-order valence-corrected chi connectivity index (χ2v) is 21.3. The summed E-state index contributed by atoms with van der Waals surface area (Å²) in [6.45, 7) is 16.4. The standard InChI is InChI=1S/C50H83N4O16P/c1-28(22-41(51)57)16-14-17-29(2)31(4)23-32(5)42(58)34(7)37(55)24-40(66-13)45-46(70-71(62,63)64)49(8,9)50(69-45)25-38(56)33(6)39(68-50)19-15-18-35-26-67-48(53-35)30(3)20-21-52-47(61)44(60)43(59)36(27-65-12)54(10)11/h14-18,22-23,26,30,32-34,36-40,42-46,55-56,58-60H,19-21,24-25,27H2,1-13H3,(H2,51,57)(H,52,61)(H2,62,63,64)/b16-14+,18-15+,28-22+,29-17-,31-23+/t30-,32+,33-,34-,36?,37-,38+,39-,40-,42+,43-,44-,45+,46-,50?/m1/s1. The van der Waals surface area contributed by atoms with Gasteiger partial charge in [-0.1, -0.05) is 77.5 Å². The van der Waals surface area contributed by atoms with Gasteiger partial charge in [0.1, 0.15) is 30.3 Å². The van der Waals surface area contributed by atoms with Gasteiger partial charge in [0.15, 0.2) is 17.8 Å². The van der Waals surface area contributed by atoms with Crippen molar-refractivity contribution in [3.63, 3.8) is 0 Å². The number of nitrogens with two attached hydrogens (primary N) is 1. The summed E-state index contributed by atoms with van der Waals surface area (Å²) in [5.74, 6) is -4.23. The van der Waals surface area contributed by atoms with Crippen molar-refractivity contribution in [2.75, 3.05) is 41.5 Å². The lowest BCUT2D eigenvalue weighted by Crippen LogP contribution is -2.58. The van der Waals surface area contributed by atoms with Crippen LogP contribution in [0, 0.1) is 23.2 Å². The van der Waals surface area contributed by atoms with Gasteiger partial charge in [-0.3, -0.25) is 14.1 Å². The van der Waals surface area contributed by atoms with Crippen LogP contribution in [0.4, 0.5) is 0 Å². The zero-order valence-electron chi connectivity index (χ0n) is 43.7. The Labute approximate surface area is 419 Å². The van der Waals surface area contributed by atoms with Crippen LogP contribution in [0.1, 0.15) is 105 Å². The van der Waals surface area contributed by atoms with Gasteiger partial charge in [-0.15, -0.1) is 0 Å². The maximum Gasteiger partial charge on any atom is 0.469 e. The van der Waals surface area contributed by atoms with Crippen LogP contribution in [0.3, 0.4) is 0 Å². The number of methoxy groups -OCH3 is 2. The number of phosphoric ester groups is 1. The fourth-order valence-electron chi connectivity index (χ4n) is 9.09. The molecule has 10 N–H and O–H groups in total. The van der Waals surface area contributed by atoms with E-state index in [0.717, 1.165) is 11.1 Å². The van der Waals surface area contributed by atoms with E-state index in [2.05, 4.69) is 10.3 Å². The molecule has 1 spiro atoms. The molecule has 0 bridgehead atoms. The number of aliphatic hydroxyl groups excluding tert-OH is 5. The number of allylic oxidation sites excluding steroid dienone is 6. The number of aliphatic hydroxyl groups is 5. The van der Waals surface area contributed by atoms with Crippen molar-refractivity contribution in [1.29, 1.82) is 0 Å². The van der Waals surface area contributed by atoms with Crippen LogP contribution >= 0.6 is 7.82 Å². The molecule has 2 aliphatic rings. The van der Waals surface area contributed by atoms with Crippen LogP contribution in [0.25, 0.3) is 6.08 Å². The second kappa shape index (κ2) is 27.2. The summed E-state index contributed by atoms with van der Waals surface area (Å²) in [4.78, 5) is 50.4. The highest BCUT2D eigenvalue weighted by Crippen LogP contribution is 2.59. The smallest absolute Gasteiger partial charge is 0.448 e. The molecule has 3 heterocycles. The minimum absolute atomic E-state index is 0.0709. The summed E-state index contributed by atoms with van der Waals surface area (Å²) in [6.07, 6.45) is 3.69. The summed E-state index contributed by atoms with van der Waals surface area (Å²) in [5, 5.41) is 58.3. The number of rotatable bonds is 27. The monoisotopic (exact) mass is 1030 g/mol. The van der Waals surface area contributed by atoms with E-state index in [1.807, 2.05) is 46.8 Å². The third kappa shape index (κ3) is 17.0. The van der Waals surface area contributed by atoms with E-state index in [1.54, 1.807) is 71.0 Å². The number of likely N-dealkylation sites (N-methyl/N-ethyl adjacent to an activating group) is 1. The Morgan fingerprint density at radius 3 is 2.31 bits per heavy atom. The molecular formula is C50H83N4O16P. The lowest BCUT2D eigenvalue weighted by Gasteiger charge is -2.50. The Bertz CT molecular complexity index is 2080. The van der Waals surface area contributed by atoms with Crippen molar-refractivity contribution in [1.82, 2.24) is 15.2 Å². The minimum Gasteiger partial charge on any atom is -0.448 e. The number of oxazole rings is 1. The van der Waals surface area contributed by atoms with Gasteiger partial charge in [0.05, 0.1) is 43.2 Å². The largest absolute Gasteiger partial charge is 0.469 e. The van der Waals surface area contributed by atoms with Crippen LogP contribution in [0.5, 0.6) is 0 Å². The zero-order valence-corrected chi connectivity index (χ0v) is 44.6. The molecule has 1 aromatic rings. The number of nitrogens with zero attached hydrogens (tertiary/aromatic N) is 2. The van der Waals surface area contributed by atoms with E-state index in [4.69, 9.17) is 33.6 Å². The molecule has 0 aliphatic carbocycles. The molecule has 404 valence electrons. The first-order chi connectivity index (χ1) is 33.0. The van der Waals surface area contributed by atoms with Crippen molar-refractivity contribution in [2.24, 2.45) is 28.9 Å². The first kappa shape index (κ1) is 61.9. The summed E-state index contributed by atoms with van der Waals surface area (Å²) in [6, 6.07) is -0.597. The van der Waals surface area contributed by atoms with Crippen LogP contribution in [0.15, 0.2) is 63.9 Å². The first-order valence-corrected chi connectivity index (χ1v) is 25.6. The molecule has 15 atom stereocenters. The number of carbonyl (C=O) groups is 2. The quantitative estimate of drug-likeness (QED) is 0.0345. The maximum absolute atomic E-state index is 12.6. The van der Waals surface area contributed by atoms with Gasteiger partial charge in [-0.25, -0.2) is 9.55 Å². The molecule has 71 heavy (non-hydrogen) atoms. The summed E-state index contributed by atoms with van der Waals surface area (Å²) in [7, 11) is 1.10. The van der Waals surface area contributed by atoms with Gasteiger partial charge in [0.25, 0.3) is 5.91 Å². The Kier molecular flexibility index (Phi) is 23.7. The van der Waals surface area contributed by atoms with Gasteiger partial charge in [-0.05, 0) is 64.9 Å². The first-order valence-electron chi connectivity index (χ1n) is 24.1. The zero-order chi connectivity index (χ0) is 53.8. The Balaban J connectivity index is 1.74. The van der Waals surface area contributed by atoms with Crippen LogP contribution in [-0.2, 0) is 37.6 Å². The van der Waals surface area contributed by atoms with Crippen molar-refractivity contribution in [3.8, 4) is 0 Å². The van der Waals surface area contributed by atoms with Crippen LogP contribution in [-0.4, -0.2) is 165 Å². The molecule has 0 radical (unpaired) electrons. The van der Waals surface area contributed by atoms with Crippen molar-refractivity contribution >= 4 is 25.7 Å². The van der Waals surface area contributed by atoms with Gasteiger partial charge in [0, 0.05) is 68.8 Å². The van der Waals surface area contributed by atoms with Gasteiger partial charge in [0.2, 0.25) is 5.91 Å². The highest BCUT2D eigenvalue weighted by Gasteiger charge is 2.68. The predicted molar refractivity (Wildman–Crippen MR) is 266 cm³/mol. The fraction of sp³-hybridized carbons (Fsp3) is 0.700. The molecule has 2 amide bonds.